The Balaban J connectivity index is 1.55. The summed E-state index contributed by atoms with van der Waals surface area (Å²) in [4.78, 5) is 33.3. The molecular formula is C17H21N3O3S. The first kappa shape index (κ1) is 15.8. The number of carbonyl (C=O) groups is 1. The Hall–Kier alpha value is -1.73. The van der Waals surface area contributed by atoms with Crippen molar-refractivity contribution in [1.82, 2.24) is 14.5 Å². The molecule has 7 heteroatoms. The van der Waals surface area contributed by atoms with Crippen molar-refractivity contribution in [2.75, 3.05) is 13.1 Å². The number of nitrogens with zero attached hydrogens (tertiary/aromatic N) is 3. The maximum Gasteiger partial charge on any atom is 0.262 e. The number of rotatable bonds is 3. The number of hydrogen-bond donors (Lipinski definition) is 1. The van der Waals surface area contributed by atoms with Crippen LogP contribution >= 0.6 is 11.3 Å². The summed E-state index contributed by atoms with van der Waals surface area (Å²) in [6, 6.07) is 0. The number of β-amino-alcohol motifs (C(OH)–C–C–N with tert-alkyl or cyclic N) is 1. The molecule has 4 rings (SSSR count). The molecule has 2 aromatic rings. The SMILES string of the molecule is O=C(CCn1cnc2sc3c(c2c1=O)CCCC3)N1CC[C@@H](O)C1. The summed E-state index contributed by atoms with van der Waals surface area (Å²) in [5, 5.41) is 10.3. The van der Waals surface area contributed by atoms with Gasteiger partial charge in [0.25, 0.3) is 5.56 Å². The van der Waals surface area contributed by atoms with Gasteiger partial charge >= 0.3 is 0 Å². The second kappa shape index (κ2) is 6.29. The molecule has 3 heterocycles. The van der Waals surface area contributed by atoms with Crippen LogP contribution in [-0.4, -0.2) is 44.7 Å². The number of fused-ring (bicyclic) bond motifs is 3. The Bertz CT molecular complexity index is 841. The molecule has 0 saturated carbocycles. The lowest BCUT2D eigenvalue weighted by atomic mass is 9.97. The van der Waals surface area contributed by atoms with Crippen molar-refractivity contribution in [1.29, 1.82) is 0 Å². The highest BCUT2D eigenvalue weighted by atomic mass is 32.1. The van der Waals surface area contributed by atoms with Gasteiger partial charge in [-0.2, -0.15) is 0 Å². The highest BCUT2D eigenvalue weighted by Gasteiger charge is 2.24. The van der Waals surface area contributed by atoms with Crippen LogP contribution in [0, 0.1) is 0 Å². The van der Waals surface area contributed by atoms with Gasteiger partial charge in [-0.1, -0.05) is 0 Å². The number of aryl methyl sites for hydroxylation is 3. The maximum atomic E-state index is 12.8. The molecule has 1 aliphatic heterocycles. The van der Waals surface area contributed by atoms with Crippen LogP contribution in [0.3, 0.4) is 0 Å². The van der Waals surface area contributed by atoms with E-state index in [9.17, 15) is 14.7 Å². The van der Waals surface area contributed by atoms with Crippen molar-refractivity contribution in [2.24, 2.45) is 0 Å². The van der Waals surface area contributed by atoms with Crippen molar-refractivity contribution in [2.45, 2.75) is 51.2 Å². The van der Waals surface area contributed by atoms with Gasteiger partial charge in [-0.3, -0.25) is 14.2 Å². The summed E-state index contributed by atoms with van der Waals surface area (Å²) in [7, 11) is 0. The highest BCUT2D eigenvalue weighted by Crippen LogP contribution is 2.33. The topological polar surface area (TPSA) is 75.4 Å². The first-order valence-corrected chi connectivity index (χ1v) is 9.40. The molecule has 0 bridgehead atoms. The molecule has 128 valence electrons. The van der Waals surface area contributed by atoms with E-state index >= 15 is 0 Å². The van der Waals surface area contributed by atoms with Crippen LogP contribution in [0.1, 0.15) is 36.1 Å². The normalized spacial score (nSPS) is 20.5. The lowest BCUT2D eigenvalue weighted by molar-refractivity contribution is -0.130. The molecule has 1 N–H and O–H groups in total. The van der Waals surface area contributed by atoms with E-state index in [1.165, 1.54) is 16.9 Å². The van der Waals surface area contributed by atoms with Crippen LogP contribution in [0.15, 0.2) is 11.1 Å². The van der Waals surface area contributed by atoms with Crippen LogP contribution in [-0.2, 0) is 24.2 Å². The van der Waals surface area contributed by atoms with E-state index in [-0.39, 0.29) is 17.9 Å². The van der Waals surface area contributed by atoms with Crippen molar-refractivity contribution in [3.63, 3.8) is 0 Å². The van der Waals surface area contributed by atoms with Gasteiger partial charge in [0.05, 0.1) is 17.8 Å². The third kappa shape index (κ3) is 2.75. The largest absolute Gasteiger partial charge is 0.391 e. The summed E-state index contributed by atoms with van der Waals surface area (Å²) in [6.07, 6.45) is 6.39. The van der Waals surface area contributed by atoms with Gasteiger partial charge in [0.2, 0.25) is 5.91 Å². The van der Waals surface area contributed by atoms with Crippen molar-refractivity contribution < 1.29 is 9.90 Å². The van der Waals surface area contributed by atoms with Gasteiger partial charge in [-0.05, 0) is 37.7 Å². The molecule has 1 atom stereocenters. The van der Waals surface area contributed by atoms with E-state index in [1.54, 1.807) is 27.1 Å². The monoisotopic (exact) mass is 347 g/mol. The predicted molar refractivity (Wildman–Crippen MR) is 92.3 cm³/mol. The number of amides is 1. The van der Waals surface area contributed by atoms with Gasteiger partial charge in [-0.15, -0.1) is 11.3 Å². The van der Waals surface area contributed by atoms with E-state index in [0.717, 1.165) is 29.5 Å². The Morgan fingerprint density at radius 1 is 1.38 bits per heavy atom. The van der Waals surface area contributed by atoms with Crippen LogP contribution in [0.5, 0.6) is 0 Å². The minimum absolute atomic E-state index is 0.00843. The highest BCUT2D eigenvalue weighted by molar-refractivity contribution is 7.18. The van der Waals surface area contributed by atoms with Crippen LogP contribution in [0.25, 0.3) is 10.2 Å². The maximum absolute atomic E-state index is 12.8. The second-order valence-electron chi connectivity index (χ2n) is 6.67. The summed E-state index contributed by atoms with van der Waals surface area (Å²) in [5.74, 6) is -0.00843. The molecule has 1 amide bonds. The summed E-state index contributed by atoms with van der Waals surface area (Å²) in [6.45, 7) is 1.35. The zero-order valence-electron chi connectivity index (χ0n) is 13.5. The van der Waals surface area contributed by atoms with E-state index in [2.05, 4.69) is 4.98 Å². The molecule has 0 unspecified atom stereocenters. The molecule has 1 saturated heterocycles. The lowest BCUT2D eigenvalue weighted by Gasteiger charge is -2.15. The van der Waals surface area contributed by atoms with Crippen molar-refractivity contribution in [3.05, 3.63) is 27.1 Å². The van der Waals surface area contributed by atoms with E-state index in [4.69, 9.17) is 0 Å². The van der Waals surface area contributed by atoms with Crippen LogP contribution < -0.4 is 5.56 Å². The molecule has 0 aromatic carbocycles. The van der Waals surface area contributed by atoms with Crippen LogP contribution in [0.4, 0.5) is 0 Å². The number of likely N-dealkylation sites (tertiary alicyclic amines) is 1. The summed E-state index contributed by atoms with van der Waals surface area (Å²) < 4.78 is 1.56. The molecule has 2 aliphatic rings. The molecule has 0 spiro atoms. The zero-order valence-corrected chi connectivity index (χ0v) is 14.3. The third-order valence-electron chi connectivity index (χ3n) is 5.02. The number of aliphatic hydroxyl groups is 1. The van der Waals surface area contributed by atoms with Gasteiger partial charge < -0.3 is 10.0 Å². The fraction of sp³-hybridized carbons (Fsp3) is 0.588. The van der Waals surface area contributed by atoms with Crippen molar-refractivity contribution >= 4 is 27.5 Å². The van der Waals surface area contributed by atoms with Crippen LogP contribution in [0.2, 0.25) is 0 Å². The molecule has 24 heavy (non-hydrogen) atoms. The number of aromatic nitrogens is 2. The third-order valence-corrected chi connectivity index (χ3v) is 6.22. The Morgan fingerprint density at radius 3 is 3.00 bits per heavy atom. The molecule has 1 fully saturated rings. The quantitative estimate of drug-likeness (QED) is 0.909. The van der Waals surface area contributed by atoms with Gasteiger partial charge in [0.1, 0.15) is 4.83 Å². The van der Waals surface area contributed by atoms with Gasteiger partial charge in [-0.25, -0.2) is 4.98 Å². The van der Waals surface area contributed by atoms with E-state index < -0.39 is 6.10 Å². The second-order valence-corrected chi connectivity index (χ2v) is 7.75. The predicted octanol–water partition coefficient (Wildman–Crippen LogP) is 1.32. The first-order chi connectivity index (χ1) is 11.6. The fourth-order valence-electron chi connectivity index (χ4n) is 3.68. The number of hydrogen-bond acceptors (Lipinski definition) is 5. The number of carbonyl (C=O) groups excluding carboxylic acids is 1. The van der Waals surface area contributed by atoms with E-state index in [1.807, 2.05) is 0 Å². The number of thiophene rings is 1. The zero-order chi connectivity index (χ0) is 16.7. The van der Waals surface area contributed by atoms with Gasteiger partial charge in [0.15, 0.2) is 0 Å². The first-order valence-electron chi connectivity index (χ1n) is 8.59. The minimum atomic E-state index is -0.410. The average Bonchev–Trinajstić information content (AvgIpc) is 3.17. The van der Waals surface area contributed by atoms with E-state index in [0.29, 0.717) is 26.1 Å². The summed E-state index contributed by atoms with van der Waals surface area (Å²) in [5.41, 5.74) is 1.16. The Kier molecular flexibility index (Phi) is 4.14. The van der Waals surface area contributed by atoms with Crippen molar-refractivity contribution in [3.8, 4) is 0 Å². The fourth-order valence-corrected chi connectivity index (χ4v) is 4.90. The molecule has 0 radical (unpaired) electrons. The molecule has 2 aromatic heterocycles. The lowest BCUT2D eigenvalue weighted by Crippen LogP contribution is -2.31. The molecule has 6 nitrogen and oxygen atoms in total. The Morgan fingerprint density at radius 2 is 2.21 bits per heavy atom. The molecular weight excluding hydrogens is 326 g/mol. The molecule has 1 aliphatic carbocycles. The standard InChI is InChI=1S/C17H21N3O3S/c21-11-5-7-19(9-11)14(22)6-8-20-10-18-16-15(17(20)23)12-3-1-2-4-13(12)24-16/h10-11,21H,1-9H2/t11-/m1/s1. The number of aliphatic hydroxyl groups excluding tert-OH is 1. The Labute approximate surface area is 143 Å². The minimum Gasteiger partial charge on any atom is -0.391 e. The average molecular weight is 347 g/mol. The van der Waals surface area contributed by atoms with Gasteiger partial charge in [0, 0.05) is 30.9 Å². The smallest absolute Gasteiger partial charge is 0.262 e. The summed E-state index contributed by atoms with van der Waals surface area (Å²) >= 11 is 1.64.